The molecule has 6 rings (SSSR count). The fourth-order valence-electron chi connectivity index (χ4n) is 5.57. The van der Waals surface area contributed by atoms with Gasteiger partial charge in [0.2, 0.25) is 5.91 Å². The molecule has 1 aliphatic heterocycles. The van der Waals surface area contributed by atoms with E-state index in [1.165, 1.54) is 11.3 Å². The summed E-state index contributed by atoms with van der Waals surface area (Å²) in [5.41, 5.74) is 0.574. The number of pyridine rings is 1. The van der Waals surface area contributed by atoms with E-state index in [-0.39, 0.29) is 30.0 Å². The zero-order valence-electron chi connectivity index (χ0n) is 22.5. The van der Waals surface area contributed by atoms with Crippen LogP contribution in [0.5, 0.6) is 0 Å². The van der Waals surface area contributed by atoms with Gasteiger partial charge in [-0.05, 0) is 59.5 Å². The van der Waals surface area contributed by atoms with Crippen molar-refractivity contribution in [2.75, 3.05) is 18.5 Å². The summed E-state index contributed by atoms with van der Waals surface area (Å²) in [5, 5.41) is 23.7. The van der Waals surface area contributed by atoms with E-state index in [0.717, 1.165) is 20.5 Å². The van der Waals surface area contributed by atoms with Crippen molar-refractivity contribution in [1.82, 2.24) is 9.88 Å². The van der Waals surface area contributed by atoms with Crippen molar-refractivity contribution in [2.45, 2.75) is 18.8 Å². The number of carboxylic acid groups (broad SMARTS) is 1. The number of anilines is 1. The number of nitrogens with zero attached hydrogens (tertiary/aromatic N) is 3. The SMILES string of the molecule is O=C(Nc1cc2ccncc2s1)C(CN1C(=O)c2ccccc2C1=O)c1ccc(CC2C[C@]2(CO[N+](=O)[O-])C(=O)O)cc1. The van der Waals surface area contributed by atoms with Crippen molar-refractivity contribution in [2.24, 2.45) is 11.3 Å². The number of fused-ring (bicyclic) bond motifs is 2. The minimum absolute atomic E-state index is 0.188. The molecule has 2 N–H and O–H groups in total. The van der Waals surface area contributed by atoms with Gasteiger partial charge in [-0.3, -0.25) is 29.1 Å². The van der Waals surface area contributed by atoms with Crippen LogP contribution in [0.2, 0.25) is 0 Å². The van der Waals surface area contributed by atoms with Gasteiger partial charge >= 0.3 is 5.97 Å². The van der Waals surface area contributed by atoms with Crippen molar-refractivity contribution in [3.63, 3.8) is 0 Å². The molecule has 3 amide bonds. The van der Waals surface area contributed by atoms with Gasteiger partial charge in [0.05, 0.1) is 32.2 Å². The van der Waals surface area contributed by atoms with Crippen LogP contribution >= 0.6 is 11.3 Å². The Morgan fingerprint density at radius 1 is 1.14 bits per heavy atom. The summed E-state index contributed by atoms with van der Waals surface area (Å²) < 4.78 is 0.889. The van der Waals surface area contributed by atoms with Crippen LogP contribution in [0.1, 0.15) is 44.2 Å². The predicted molar refractivity (Wildman–Crippen MR) is 154 cm³/mol. The first-order chi connectivity index (χ1) is 20.7. The van der Waals surface area contributed by atoms with Gasteiger partial charge < -0.3 is 15.3 Å². The number of amides is 3. The van der Waals surface area contributed by atoms with Crippen LogP contribution < -0.4 is 5.32 Å². The first kappa shape index (κ1) is 28.0. The summed E-state index contributed by atoms with van der Waals surface area (Å²) in [6.45, 7) is -0.707. The molecule has 3 atom stereocenters. The number of aliphatic carboxylic acids is 1. The molecule has 0 spiro atoms. The number of rotatable bonds is 11. The highest BCUT2D eigenvalue weighted by Gasteiger charge is 2.60. The van der Waals surface area contributed by atoms with Crippen LogP contribution in [0.25, 0.3) is 10.1 Å². The van der Waals surface area contributed by atoms with Gasteiger partial charge in [-0.2, -0.15) is 0 Å². The van der Waals surface area contributed by atoms with Crippen molar-refractivity contribution in [1.29, 1.82) is 0 Å². The lowest BCUT2D eigenvalue weighted by molar-refractivity contribution is -0.759. The number of thiophene rings is 1. The minimum atomic E-state index is -1.32. The predicted octanol–water partition coefficient (Wildman–Crippen LogP) is 4.16. The summed E-state index contributed by atoms with van der Waals surface area (Å²) in [6.07, 6.45) is 3.95. The molecule has 4 aromatic rings. The van der Waals surface area contributed by atoms with Crippen LogP contribution in [0.3, 0.4) is 0 Å². The molecular formula is C30H24N4O8S. The lowest BCUT2D eigenvalue weighted by Gasteiger charge is -2.22. The normalized spacial score (nSPS) is 19.6. The van der Waals surface area contributed by atoms with Gasteiger partial charge in [0.15, 0.2) is 0 Å². The summed E-state index contributed by atoms with van der Waals surface area (Å²) in [6, 6.07) is 17.1. The lowest BCUT2D eigenvalue weighted by Crippen LogP contribution is -2.38. The van der Waals surface area contributed by atoms with Crippen LogP contribution in [-0.4, -0.2) is 56.9 Å². The lowest BCUT2D eigenvalue weighted by atomic mass is 9.94. The molecule has 2 aromatic heterocycles. The number of carboxylic acids is 1. The average Bonchev–Trinajstić information content (AvgIpc) is 3.46. The van der Waals surface area contributed by atoms with Crippen LogP contribution in [-0.2, 0) is 20.8 Å². The quantitative estimate of drug-likeness (QED) is 0.146. The van der Waals surface area contributed by atoms with E-state index < -0.39 is 46.7 Å². The average molecular weight is 601 g/mol. The largest absolute Gasteiger partial charge is 0.481 e. The molecule has 1 aliphatic carbocycles. The first-order valence-electron chi connectivity index (χ1n) is 13.4. The zero-order chi connectivity index (χ0) is 30.3. The van der Waals surface area contributed by atoms with E-state index in [2.05, 4.69) is 15.1 Å². The van der Waals surface area contributed by atoms with Gasteiger partial charge in [0.1, 0.15) is 6.61 Å². The smallest absolute Gasteiger partial charge is 0.311 e. The molecule has 1 saturated carbocycles. The molecule has 2 aromatic carbocycles. The van der Waals surface area contributed by atoms with Gasteiger partial charge in [-0.1, -0.05) is 36.4 Å². The van der Waals surface area contributed by atoms with Crippen molar-refractivity contribution < 1.29 is 34.2 Å². The molecule has 1 fully saturated rings. The molecule has 2 unspecified atom stereocenters. The molecule has 3 heterocycles. The highest BCUT2D eigenvalue weighted by molar-refractivity contribution is 7.22. The molecule has 12 nitrogen and oxygen atoms in total. The second-order valence-electron chi connectivity index (χ2n) is 10.6. The van der Waals surface area contributed by atoms with E-state index in [0.29, 0.717) is 17.0 Å². The van der Waals surface area contributed by atoms with Crippen LogP contribution in [0.4, 0.5) is 5.00 Å². The van der Waals surface area contributed by atoms with Crippen molar-refractivity contribution in [3.8, 4) is 0 Å². The van der Waals surface area contributed by atoms with Crippen molar-refractivity contribution in [3.05, 3.63) is 105 Å². The van der Waals surface area contributed by atoms with Gasteiger partial charge in [0, 0.05) is 18.9 Å². The third-order valence-electron chi connectivity index (χ3n) is 8.08. The Hall–Kier alpha value is -5.17. The maximum atomic E-state index is 13.7. The fourth-order valence-corrected chi connectivity index (χ4v) is 6.50. The first-order valence-corrected chi connectivity index (χ1v) is 14.2. The number of hydrogen-bond acceptors (Lipinski definition) is 9. The van der Waals surface area contributed by atoms with Gasteiger partial charge in [-0.15, -0.1) is 21.5 Å². The monoisotopic (exact) mass is 600 g/mol. The molecule has 13 heteroatoms. The molecular weight excluding hydrogens is 576 g/mol. The third-order valence-corrected chi connectivity index (χ3v) is 9.08. The molecule has 0 radical (unpaired) electrons. The molecule has 43 heavy (non-hydrogen) atoms. The zero-order valence-corrected chi connectivity index (χ0v) is 23.3. The Labute approximate surface area is 248 Å². The summed E-state index contributed by atoms with van der Waals surface area (Å²) in [4.78, 5) is 72.0. The second-order valence-corrected chi connectivity index (χ2v) is 11.7. The molecule has 0 bridgehead atoms. The molecule has 0 saturated heterocycles. The van der Waals surface area contributed by atoms with Crippen LogP contribution in [0, 0.1) is 21.4 Å². The summed E-state index contributed by atoms with van der Waals surface area (Å²) in [7, 11) is 0. The molecule has 218 valence electrons. The number of nitrogens with one attached hydrogen (secondary N) is 1. The Morgan fingerprint density at radius 3 is 2.47 bits per heavy atom. The maximum absolute atomic E-state index is 13.7. The number of benzene rings is 2. The number of carbonyl (C=O) groups is 4. The molecule has 2 aliphatic rings. The summed E-state index contributed by atoms with van der Waals surface area (Å²) >= 11 is 1.35. The number of hydrogen-bond donors (Lipinski definition) is 2. The summed E-state index contributed by atoms with van der Waals surface area (Å²) in [5.74, 6) is -3.77. The van der Waals surface area contributed by atoms with E-state index in [9.17, 15) is 34.4 Å². The van der Waals surface area contributed by atoms with Gasteiger partial charge in [0.25, 0.3) is 16.9 Å². The third kappa shape index (κ3) is 5.30. The maximum Gasteiger partial charge on any atom is 0.311 e. The number of imide groups is 1. The van der Waals surface area contributed by atoms with Crippen molar-refractivity contribution >= 4 is 50.1 Å². The highest BCUT2D eigenvalue weighted by atomic mass is 32.1. The van der Waals surface area contributed by atoms with E-state index in [1.807, 2.05) is 12.1 Å². The Kier molecular flexibility index (Phi) is 7.10. The minimum Gasteiger partial charge on any atom is -0.481 e. The Bertz CT molecular complexity index is 1720. The van der Waals surface area contributed by atoms with E-state index in [4.69, 9.17) is 0 Å². The van der Waals surface area contributed by atoms with E-state index >= 15 is 0 Å². The number of carbonyl (C=O) groups excluding carboxylic acids is 3. The highest BCUT2D eigenvalue weighted by Crippen LogP contribution is 2.54. The Morgan fingerprint density at radius 2 is 1.84 bits per heavy atom. The number of aromatic nitrogens is 1. The standard InChI is InChI=1S/C30H24N4O8S/c35-26(32-25-12-19-9-10-31-14-24(19)43-25)23(15-33-27(36)21-3-1-2-4-22(21)28(33)37)18-7-5-17(6-8-18)11-20-13-30(20,29(38)39)16-42-34(40)41/h1-10,12,14,20,23H,11,13,15-16H2,(H,32,35)(H,38,39)/t20?,23?,30-/m1/s1. The fraction of sp³-hybridized carbons (Fsp3) is 0.233. The van der Waals surface area contributed by atoms with E-state index in [1.54, 1.807) is 60.9 Å². The Balaban J connectivity index is 1.24. The van der Waals surface area contributed by atoms with Crippen LogP contribution in [0.15, 0.2) is 73.1 Å². The second kappa shape index (κ2) is 10.9. The topological polar surface area (TPSA) is 169 Å². The van der Waals surface area contributed by atoms with Gasteiger partial charge in [-0.25, -0.2) is 0 Å².